The molecule has 1 saturated heterocycles. The van der Waals surface area contributed by atoms with Crippen molar-refractivity contribution in [2.24, 2.45) is 0 Å². The molecule has 0 saturated carbocycles. The van der Waals surface area contributed by atoms with Gasteiger partial charge in [0.25, 0.3) is 0 Å². The molecule has 1 aliphatic rings. The van der Waals surface area contributed by atoms with Crippen LogP contribution in [-0.2, 0) is 6.54 Å². The van der Waals surface area contributed by atoms with Gasteiger partial charge in [-0.15, -0.1) is 17.5 Å². The van der Waals surface area contributed by atoms with Crippen LogP contribution in [0.2, 0.25) is 0 Å². The van der Waals surface area contributed by atoms with Crippen molar-refractivity contribution in [2.45, 2.75) is 12.6 Å². The standard InChI is InChI=1S/C26H27FN6O.ClH/c1-34-22-13-11-21(12-14-22)31-15-17-32(18-16-31)25(23-9-5-6-10-24(23)27)26-28-29-30-33(26)19-20-7-3-2-4-8-20;/h2-14,25H,15-19H2,1H3;1H. The molecular formula is C26H28ClFN6O. The lowest BCUT2D eigenvalue weighted by Gasteiger charge is -2.40. The van der Waals surface area contributed by atoms with Gasteiger partial charge in [-0.2, -0.15) is 0 Å². The minimum atomic E-state index is -0.377. The van der Waals surface area contributed by atoms with Gasteiger partial charge in [-0.05, 0) is 46.3 Å². The van der Waals surface area contributed by atoms with Crippen LogP contribution in [0.1, 0.15) is 23.0 Å². The molecule has 0 spiro atoms. The first-order valence-electron chi connectivity index (χ1n) is 11.4. The maximum absolute atomic E-state index is 15.0. The zero-order valence-corrected chi connectivity index (χ0v) is 20.3. The number of benzene rings is 3. The summed E-state index contributed by atoms with van der Waals surface area (Å²) in [4.78, 5) is 4.60. The van der Waals surface area contributed by atoms with Crippen molar-refractivity contribution in [3.05, 3.63) is 102 Å². The average Bonchev–Trinajstić information content (AvgIpc) is 3.34. The number of rotatable bonds is 7. The van der Waals surface area contributed by atoms with E-state index in [-0.39, 0.29) is 24.3 Å². The number of tetrazole rings is 1. The van der Waals surface area contributed by atoms with Crippen molar-refractivity contribution in [1.82, 2.24) is 25.1 Å². The van der Waals surface area contributed by atoms with E-state index >= 15 is 4.39 Å². The Kier molecular flexibility index (Phi) is 7.94. The fraction of sp³-hybridized carbons (Fsp3) is 0.269. The molecule has 9 heteroatoms. The lowest BCUT2D eigenvalue weighted by molar-refractivity contribution is 0.198. The molecular weight excluding hydrogens is 467 g/mol. The number of piperazine rings is 1. The minimum absolute atomic E-state index is 0. The molecule has 0 bridgehead atoms. The number of hydrogen-bond donors (Lipinski definition) is 0. The van der Waals surface area contributed by atoms with Gasteiger partial charge in [0.2, 0.25) is 0 Å². The van der Waals surface area contributed by atoms with Crippen LogP contribution in [0.25, 0.3) is 0 Å². The van der Waals surface area contributed by atoms with Crippen LogP contribution in [0.3, 0.4) is 0 Å². The molecule has 2 heterocycles. The van der Waals surface area contributed by atoms with E-state index < -0.39 is 0 Å². The summed E-state index contributed by atoms with van der Waals surface area (Å²) in [5.41, 5.74) is 2.83. The van der Waals surface area contributed by atoms with Crippen molar-refractivity contribution < 1.29 is 9.13 Å². The van der Waals surface area contributed by atoms with E-state index in [1.54, 1.807) is 17.9 Å². The average molecular weight is 495 g/mol. The molecule has 182 valence electrons. The van der Waals surface area contributed by atoms with Crippen LogP contribution >= 0.6 is 12.4 Å². The highest BCUT2D eigenvalue weighted by Crippen LogP contribution is 2.31. The molecule has 1 atom stereocenters. The summed E-state index contributed by atoms with van der Waals surface area (Å²) < 4.78 is 22.1. The lowest BCUT2D eigenvalue weighted by atomic mass is 10.0. The molecule has 5 rings (SSSR count). The first-order chi connectivity index (χ1) is 16.7. The summed E-state index contributed by atoms with van der Waals surface area (Å²) in [6.07, 6.45) is 0. The number of halogens is 2. The summed E-state index contributed by atoms with van der Waals surface area (Å²) in [5, 5.41) is 12.6. The second-order valence-electron chi connectivity index (χ2n) is 8.33. The Morgan fingerprint density at radius 3 is 2.26 bits per heavy atom. The minimum Gasteiger partial charge on any atom is -0.497 e. The van der Waals surface area contributed by atoms with Crippen LogP contribution in [0.15, 0.2) is 78.9 Å². The number of nitrogens with zero attached hydrogens (tertiary/aromatic N) is 6. The molecule has 0 radical (unpaired) electrons. The van der Waals surface area contributed by atoms with Crippen molar-refractivity contribution in [3.63, 3.8) is 0 Å². The predicted molar refractivity (Wildman–Crippen MR) is 136 cm³/mol. The normalized spacial score (nSPS) is 14.9. The van der Waals surface area contributed by atoms with Crippen LogP contribution < -0.4 is 9.64 Å². The number of methoxy groups -OCH3 is 1. The molecule has 4 aromatic rings. The summed E-state index contributed by atoms with van der Waals surface area (Å²) in [7, 11) is 1.67. The monoisotopic (exact) mass is 494 g/mol. The van der Waals surface area contributed by atoms with E-state index in [1.165, 1.54) is 6.07 Å². The van der Waals surface area contributed by atoms with Gasteiger partial charge in [0, 0.05) is 37.4 Å². The maximum Gasteiger partial charge on any atom is 0.173 e. The van der Waals surface area contributed by atoms with Gasteiger partial charge in [0.1, 0.15) is 17.6 Å². The highest BCUT2D eigenvalue weighted by Gasteiger charge is 2.32. The van der Waals surface area contributed by atoms with E-state index in [9.17, 15) is 0 Å². The van der Waals surface area contributed by atoms with Crippen molar-refractivity contribution in [3.8, 4) is 5.75 Å². The molecule has 0 N–H and O–H groups in total. The van der Waals surface area contributed by atoms with Crippen molar-refractivity contribution in [2.75, 3.05) is 38.2 Å². The van der Waals surface area contributed by atoms with Crippen LogP contribution in [0.5, 0.6) is 5.75 Å². The Labute approximate surface area is 210 Å². The summed E-state index contributed by atoms with van der Waals surface area (Å²) in [5.74, 6) is 1.23. The highest BCUT2D eigenvalue weighted by atomic mass is 35.5. The van der Waals surface area contributed by atoms with E-state index in [0.29, 0.717) is 17.9 Å². The van der Waals surface area contributed by atoms with Crippen LogP contribution in [0, 0.1) is 5.82 Å². The van der Waals surface area contributed by atoms with Gasteiger partial charge in [0.15, 0.2) is 5.82 Å². The Bertz CT molecular complexity index is 1210. The third-order valence-electron chi connectivity index (χ3n) is 6.30. The van der Waals surface area contributed by atoms with Gasteiger partial charge in [-0.1, -0.05) is 48.5 Å². The Morgan fingerprint density at radius 1 is 0.886 bits per heavy atom. The third kappa shape index (κ3) is 5.44. The van der Waals surface area contributed by atoms with E-state index in [1.807, 2.05) is 54.6 Å². The van der Waals surface area contributed by atoms with Gasteiger partial charge in [-0.25, -0.2) is 9.07 Å². The second-order valence-corrected chi connectivity index (χ2v) is 8.33. The summed E-state index contributed by atoms with van der Waals surface area (Å²) >= 11 is 0. The molecule has 1 fully saturated rings. The molecule has 0 aliphatic carbocycles. The molecule has 35 heavy (non-hydrogen) atoms. The number of ether oxygens (including phenoxy) is 1. The highest BCUT2D eigenvalue weighted by molar-refractivity contribution is 5.85. The number of anilines is 1. The van der Waals surface area contributed by atoms with E-state index in [4.69, 9.17) is 4.74 Å². The number of aromatic nitrogens is 4. The smallest absolute Gasteiger partial charge is 0.173 e. The fourth-order valence-corrected chi connectivity index (χ4v) is 4.50. The molecule has 1 aliphatic heterocycles. The Balaban J connectivity index is 0.00000289. The molecule has 0 amide bonds. The number of hydrogen-bond acceptors (Lipinski definition) is 6. The van der Waals surface area contributed by atoms with Crippen LogP contribution in [0.4, 0.5) is 10.1 Å². The Hall–Kier alpha value is -3.49. The summed E-state index contributed by atoms with van der Waals surface area (Å²) in [6, 6.07) is 24.7. The van der Waals surface area contributed by atoms with Crippen molar-refractivity contribution >= 4 is 18.1 Å². The third-order valence-corrected chi connectivity index (χ3v) is 6.30. The SMILES string of the molecule is COc1ccc(N2CCN(C(c3ccccc3F)c3nnnn3Cc3ccccc3)CC2)cc1.Cl. The largest absolute Gasteiger partial charge is 0.497 e. The van der Waals surface area contributed by atoms with Crippen LogP contribution in [-0.4, -0.2) is 58.4 Å². The predicted octanol–water partition coefficient (Wildman–Crippen LogP) is 4.20. The zero-order chi connectivity index (χ0) is 23.3. The van der Waals surface area contributed by atoms with Crippen molar-refractivity contribution in [1.29, 1.82) is 0 Å². The van der Waals surface area contributed by atoms with Gasteiger partial charge >= 0.3 is 0 Å². The fourth-order valence-electron chi connectivity index (χ4n) is 4.50. The topological polar surface area (TPSA) is 59.3 Å². The molecule has 7 nitrogen and oxygen atoms in total. The second kappa shape index (κ2) is 11.3. The Morgan fingerprint density at radius 2 is 1.57 bits per heavy atom. The zero-order valence-electron chi connectivity index (χ0n) is 19.5. The lowest BCUT2D eigenvalue weighted by Crippen LogP contribution is -2.48. The van der Waals surface area contributed by atoms with Gasteiger partial charge < -0.3 is 9.64 Å². The van der Waals surface area contributed by atoms with E-state index in [0.717, 1.165) is 43.2 Å². The maximum atomic E-state index is 15.0. The molecule has 3 aromatic carbocycles. The van der Waals surface area contributed by atoms with Gasteiger partial charge in [0.05, 0.1) is 13.7 Å². The summed E-state index contributed by atoms with van der Waals surface area (Å²) in [6.45, 7) is 3.67. The first kappa shape index (κ1) is 24.6. The first-order valence-corrected chi connectivity index (χ1v) is 11.4. The van der Waals surface area contributed by atoms with Gasteiger partial charge in [-0.3, -0.25) is 4.90 Å². The quantitative estimate of drug-likeness (QED) is 0.384. The molecule has 1 aromatic heterocycles. The van der Waals surface area contributed by atoms with E-state index in [2.05, 4.69) is 37.5 Å². The molecule has 1 unspecified atom stereocenters.